The number of hydrogen-bond acceptors (Lipinski definition) is 7. The summed E-state index contributed by atoms with van der Waals surface area (Å²) in [5, 5.41) is 25.4. The number of H-pyrrole nitrogens is 1. The Balaban J connectivity index is 1.01. The fraction of sp³-hybridized carbons (Fsp3) is 0.417. The number of aromatic nitrogens is 1. The minimum atomic E-state index is -2.17. The zero-order valence-corrected chi connectivity index (χ0v) is 36.3. The Morgan fingerprint density at radius 3 is 2.32 bits per heavy atom. The van der Waals surface area contributed by atoms with Crippen LogP contribution in [-0.4, -0.2) is 61.4 Å². The molecule has 0 radical (unpaired) electrons. The van der Waals surface area contributed by atoms with Crippen molar-refractivity contribution in [3.05, 3.63) is 124 Å². The van der Waals surface area contributed by atoms with Gasteiger partial charge in [-0.25, -0.2) is 4.79 Å². The van der Waals surface area contributed by atoms with Gasteiger partial charge < -0.3 is 35.4 Å². The summed E-state index contributed by atoms with van der Waals surface area (Å²) in [5.74, 6) is 0.874. The third kappa shape index (κ3) is 11.2. The maximum atomic E-state index is 12.7. The molecule has 6 N–H and O–H groups in total. The predicted octanol–water partition coefficient (Wildman–Crippen LogP) is 9.95. The highest BCUT2D eigenvalue weighted by Gasteiger charge is 2.40. The lowest BCUT2D eigenvalue weighted by atomic mass is 9.89. The van der Waals surface area contributed by atoms with Crippen LogP contribution in [0.15, 0.2) is 102 Å². The van der Waals surface area contributed by atoms with E-state index in [1.54, 1.807) is 17.0 Å². The normalized spacial score (nSPS) is 16.5. The Kier molecular flexibility index (Phi) is 14.4. The van der Waals surface area contributed by atoms with Crippen LogP contribution in [0.2, 0.25) is 18.1 Å². The van der Waals surface area contributed by atoms with E-state index in [0.29, 0.717) is 18.7 Å². The number of anilines is 1. The van der Waals surface area contributed by atoms with E-state index in [9.17, 15) is 19.8 Å². The van der Waals surface area contributed by atoms with Crippen LogP contribution >= 0.6 is 0 Å². The second-order valence-electron chi connectivity index (χ2n) is 17.5. The number of benzene rings is 4. The molecule has 11 heteroatoms. The quantitative estimate of drug-likeness (QED) is 0.0460. The van der Waals surface area contributed by atoms with Gasteiger partial charge in [-0.15, -0.1) is 0 Å². The molecule has 1 amide bonds. The van der Waals surface area contributed by atoms with Crippen LogP contribution < -0.4 is 26.2 Å². The number of fused-ring (bicyclic) bond motifs is 1. The standard InChI is InChI=1S/C48H62N4O6Si/c1-48(2,3)59(4,5)58-44(40-24-26-43(53)46-41(40)25-27-45(54)51-46)32-50-29-28-33-14-21-38(22-15-33)57-30-10-9-11-34-16-23-39(35-12-7-6-8-13-35)42(31-34)52(47(55)56)37-19-17-36(49)18-20-37/h6-8,12-16,21-27,31,36-37,44,50,53H,9-11,17-20,28-30,32,49H2,1-5H3,(H,51,54)(H,55,56)/t36?,37?,44-/m1/s1. The van der Waals surface area contributed by atoms with Gasteiger partial charge in [0.1, 0.15) is 11.5 Å². The van der Waals surface area contributed by atoms with E-state index in [1.165, 1.54) is 11.6 Å². The number of carbonyl (C=O) groups is 1. The summed E-state index contributed by atoms with van der Waals surface area (Å²) in [6.07, 6.45) is 5.44. The SMILES string of the molecule is CC(C)(C)[Si](C)(C)O[C@H](CNCCc1ccc(OCCCCc2ccc(-c3ccccc3)c(N(C(=O)O)C3CCC(N)CC3)c2)cc1)c1ccc(O)c2[nH]c(=O)ccc12. The number of rotatable bonds is 17. The summed E-state index contributed by atoms with van der Waals surface area (Å²) in [6.45, 7) is 13.1. The number of phenols is 1. The Hall–Kier alpha value is -4.94. The number of carboxylic acid groups (broad SMARTS) is 1. The molecule has 1 fully saturated rings. The van der Waals surface area contributed by atoms with Crippen molar-refractivity contribution in [2.45, 2.75) is 108 Å². The topological polar surface area (TPSA) is 150 Å². The lowest BCUT2D eigenvalue weighted by Gasteiger charge is -2.39. The van der Waals surface area contributed by atoms with Gasteiger partial charge >= 0.3 is 6.09 Å². The highest BCUT2D eigenvalue weighted by molar-refractivity contribution is 6.74. The molecule has 0 saturated heterocycles. The van der Waals surface area contributed by atoms with Gasteiger partial charge in [0, 0.05) is 35.6 Å². The number of pyridine rings is 1. The molecule has 0 bridgehead atoms. The van der Waals surface area contributed by atoms with Crippen molar-refractivity contribution in [2.75, 3.05) is 24.6 Å². The molecule has 10 nitrogen and oxygen atoms in total. The number of unbranched alkanes of at least 4 members (excludes halogenated alkanes) is 1. The van der Waals surface area contributed by atoms with E-state index in [0.717, 1.165) is 97.0 Å². The second-order valence-corrected chi connectivity index (χ2v) is 22.3. The minimum Gasteiger partial charge on any atom is -0.506 e. The molecular weight excluding hydrogens is 757 g/mol. The highest BCUT2D eigenvalue weighted by Crippen LogP contribution is 2.41. The fourth-order valence-corrected chi connectivity index (χ4v) is 9.01. The Bertz CT molecular complexity index is 2210. The number of nitrogens with two attached hydrogens (primary N) is 1. The number of aryl methyl sites for hydroxylation is 1. The third-order valence-electron chi connectivity index (χ3n) is 12.2. The summed E-state index contributed by atoms with van der Waals surface area (Å²) in [6, 6.07) is 31.4. The number of aromatic amines is 1. The molecule has 1 saturated carbocycles. The van der Waals surface area contributed by atoms with Crippen molar-refractivity contribution in [1.82, 2.24) is 10.3 Å². The van der Waals surface area contributed by atoms with Crippen molar-refractivity contribution in [2.24, 2.45) is 5.73 Å². The van der Waals surface area contributed by atoms with Gasteiger partial charge in [0.2, 0.25) is 5.56 Å². The summed E-state index contributed by atoms with van der Waals surface area (Å²) < 4.78 is 13.1. The number of ether oxygens (including phenoxy) is 1. The summed E-state index contributed by atoms with van der Waals surface area (Å²) in [4.78, 5) is 29.2. The number of hydrogen-bond donors (Lipinski definition) is 5. The first-order valence-electron chi connectivity index (χ1n) is 21.1. The molecule has 1 aliphatic carbocycles. The zero-order valence-electron chi connectivity index (χ0n) is 35.3. The number of amides is 1. The molecule has 1 aliphatic rings. The maximum Gasteiger partial charge on any atom is 0.412 e. The Morgan fingerprint density at radius 1 is 0.915 bits per heavy atom. The smallest absolute Gasteiger partial charge is 0.412 e. The average Bonchev–Trinajstić information content (AvgIpc) is 3.20. The molecule has 59 heavy (non-hydrogen) atoms. The van der Waals surface area contributed by atoms with Crippen molar-refractivity contribution < 1.29 is 24.2 Å². The van der Waals surface area contributed by atoms with Crippen LogP contribution in [0.4, 0.5) is 10.5 Å². The third-order valence-corrected chi connectivity index (χ3v) is 16.7. The van der Waals surface area contributed by atoms with E-state index in [2.05, 4.69) is 74.5 Å². The Morgan fingerprint density at radius 2 is 1.63 bits per heavy atom. The molecular formula is C48H62N4O6Si. The lowest BCUT2D eigenvalue weighted by molar-refractivity contribution is 0.182. The van der Waals surface area contributed by atoms with Crippen molar-refractivity contribution in [3.63, 3.8) is 0 Å². The summed E-state index contributed by atoms with van der Waals surface area (Å²) in [7, 11) is -2.17. The van der Waals surface area contributed by atoms with Crippen LogP contribution in [0, 0.1) is 0 Å². The van der Waals surface area contributed by atoms with Gasteiger partial charge in [0.05, 0.1) is 23.9 Å². The largest absolute Gasteiger partial charge is 0.506 e. The molecule has 314 valence electrons. The van der Waals surface area contributed by atoms with E-state index in [1.807, 2.05) is 48.5 Å². The van der Waals surface area contributed by atoms with Crippen molar-refractivity contribution in [1.29, 1.82) is 0 Å². The van der Waals surface area contributed by atoms with Gasteiger partial charge in [-0.2, -0.15) is 0 Å². The highest BCUT2D eigenvalue weighted by atomic mass is 28.4. The molecule has 5 aromatic rings. The lowest BCUT2D eigenvalue weighted by Crippen LogP contribution is -2.44. The number of nitrogens with zero attached hydrogens (tertiary/aromatic N) is 1. The van der Waals surface area contributed by atoms with Crippen molar-refractivity contribution >= 4 is 31.0 Å². The van der Waals surface area contributed by atoms with E-state index in [4.69, 9.17) is 14.9 Å². The monoisotopic (exact) mass is 818 g/mol. The van der Waals surface area contributed by atoms with Crippen LogP contribution in [-0.2, 0) is 17.3 Å². The molecule has 0 spiro atoms. The number of phenolic OH excluding ortho intramolecular Hbond substituents is 1. The summed E-state index contributed by atoms with van der Waals surface area (Å²) >= 11 is 0. The van der Waals surface area contributed by atoms with Gasteiger partial charge in [-0.1, -0.05) is 81.4 Å². The molecule has 1 heterocycles. The minimum absolute atomic E-state index is 0.00517. The van der Waals surface area contributed by atoms with Crippen LogP contribution in [0.25, 0.3) is 22.0 Å². The van der Waals surface area contributed by atoms with Crippen LogP contribution in [0.5, 0.6) is 11.5 Å². The molecule has 4 aromatic carbocycles. The first-order valence-corrected chi connectivity index (χ1v) is 24.0. The number of nitrogens with one attached hydrogen (secondary N) is 2. The second kappa shape index (κ2) is 19.4. The van der Waals surface area contributed by atoms with Crippen molar-refractivity contribution in [3.8, 4) is 22.6 Å². The van der Waals surface area contributed by atoms with E-state index < -0.39 is 14.4 Å². The van der Waals surface area contributed by atoms with Crippen LogP contribution in [0.3, 0.4) is 0 Å². The zero-order chi connectivity index (χ0) is 42.2. The number of aromatic hydroxyl groups is 1. The molecule has 1 aromatic heterocycles. The van der Waals surface area contributed by atoms with Gasteiger partial charge in [0.25, 0.3) is 0 Å². The molecule has 0 aliphatic heterocycles. The maximum absolute atomic E-state index is 12.7. The molecule has 6 rings (SSSR count). The van der Waals surface area contributed by atoms with E-state index >= 15 is 0 Å². The molecule has 0 unspecified atom stereocenters. The fourth-order valence-electron chi connectivity index (χ4n) is 7.74. The predicted molar refractivity (Wildman–Crippen MR) is 241 cm³/mol. The van der Waals surface area contributed by atoms with Gasteiger partial charge in [0.15, 0.2) is 8.32 Å². The first-order chi connectivity index (χ1) is 28.2. The molecule has 1 atom stereocenters. The van der Waals surface area contributed by atoms with E-state index in [-0.39, 0.29) is 34.5 Å². The van der Waals surface area contributed by atoms with Gasteiger partial charge in [-0.05, 0) is 129 Å². The first kappa shape index (κ1) is 43.6. The summed E-state index contributed by atoms with van der Waals surface area (Å²) in [5.41, 5.74) is 12.3. The average molecular weight is 819 g/mol. The Labute approximate surface area is 349 Å². The van der Waals surface area contributed by atoms with Gasteiger partial charge in [-0.3, -0.25) is 9.69 Å². The van der Waals surface area contributed by atoms with Crippen LogP contribution in [0.1, 0.15) is 82.1 Å².